The van der Waals surface area contributed by atoms with Crippen LogP contribution in [0.2, 0.25) is 0 Å². The summed E-state index contributed by atoms with van der Waals surface area (Å²) in [6, 6.07) is 15.0. The van der Waals surface area contributed by atoms with E-state index in [0.29, 0.717) is 5.56 Å². The summed E-state index contributed by atoms with van der Waals surface area (Å²) in [4.78, 5) is 12.0. The standard InChI is InChI=1S/C13H12NO.F6P/c1-11-7-5-6-10-14(11)13(15)12-8-3-2-4-9-12;1-7(2,3,4,5)6/h2-10H,1H3;/q+1;-1. The fourth-order valence-electron chi connectivity index (χ4n) is 1.48. The van der Waals surface area contributed by atoms with Crippen LogP contribution < -0.4 is 4.57 Å². The van der Waals surface area contributed by atoms with Gasteiger partial charge in [-0.15, -0.1) is 4.57 Å². The maximum absolute atomic E-state index is 12.0. The monoisotopic (exact) mass is 343 g/mol. The minimum atomic E-state index is -10.7. The summed E-state index contributed by atoms with van der Waals surface area (Å²) in [5.74, 6) is 0.00806. The van der Waals surface area contributed by atoms with Crippen molar-refractivity contribution < 1.29 is 34.5 Å². The fourth-order valence-corrected chi connectivity index (χ4v) is 1.48. The molecule has 0 aliphatic heterocycles. The van der Waals surface area contributed by atoms with Crippen molar-refractivity contribution in [2.45, 2.75) is 6.92 Å². The molecule has 0 fully saturated rings. The molecule has 1 heterocycles. The number of benzene rings is 1. The summed E-state index contributed by atoms with van der Waals surface area (Å²) in [6.07, 6.45) is 1.78. The van der Waals surface area contributed by atoms with Crippen LogP contribution in [0.5, 0.6) is 0 Å². The molecule has 0 spiro atoms. The number of aryl methyl sites for hydroxylation is 1. The summed E-state index contributed by atoms with van der Waals surface area (Å²) in [7, 11) is -10.7. The Labute approximate surface area is 122 Å². The Bertz CT molecular complexity index is 658. The van der Waals surface area contributed by atoms with E-state index in [4.69, 9.17) is 0 Å². The van der Waals surface area contributed by atoms with Gasteiger partial charge in [0.25, 0.3) is 0 Å². The molecule has 0 amide bonds. The van der Waals surface area contributed by atoms with Gasteiger partial charge in [-0.2, -0.15) is 0 Å². The molecule has 0 saturated heterocycles. The number of aromatic nitrogens is 1. The second kappa shape index (κ2) is 5.35. The van der Waals surface area contributed by atoms with E-state index in [-0.39, 0.29) is 5.91 Å². The first kappa shape index (κ1) is 18.1. The van der Waals surface area contributed by atoms with E-state index in [1.54, 1.807) is 10.8 Å². The molecule has 2 nitrogen and oxygen atoms in total. The molecule has 0 N–H and O–H groups in total. The van der Waals surface area contributed by atoms with Gasteiger partial charge >= 0.3 is 38.9 Å². The average Bonchev–Trinajstić information content (AvgIpc) is 2.36. The molecule has 0 bridgehead atoms. The van der Waals surface area contributed by atoms with Crippen LogP contribution in [0.15, 0.2) is 54.7 Å². The summed E-state index contributed by atoms with van der Waals surface area (Å²) in [5, 5.41) is 0. The molecule has 9 heteroatoms. The van der Waals surface area contributed by atoms with Gasteiger partial charge in [-0.25, -0.2) is 4.79 Å². The SMILES string of the molecule is Cc1cccc[n+]1C(=O)c1ccccc1.F[P-](F)(F)(F)(F)F. The van der Waals surface area contributed by atoms with Crippen molar-refractivity contribution >= 4 is 13.7 Å². The topological polar surface area (TPSA) is 20.9 Å². The molecular formula is C13H12F6NOP. The molecule has 0 aliphatic carbocycles. The molecular weight excluding hydrogens is 331 g/mol. The second-order valence-electron chi connectivity index (χ2n) is 4.34. The van der Waals surface area contributed by atoms with E-state index >= 15 is 0 Å². The van der Waals surface area contributed by atoms with E-state index in [9.17, 15) is 30.0 Å². The summed E-state index contributed by atoms with van der Waals surface area (Å²) in [6.45, 7) is 1.92. The van der Waals surface area contributed by atoms with Crippen molar-refractivity contribution in [1.82, 2.24) is 0 Å². The predicted octanol–water partition coefficient (Wildman–Crippen LogP) is 5.35. The first-order chi connectivity index (χ1) is 9.74. The zero-order valence-electron chi connectivity index (χ0n) is 11.3. The molecule has 0 radical (unpaired) electrons. The van der Waals surface area contributed by atoms with Crippen molar-refractivity contribution in [3.63, 3.8) is 0 Å². The third-order valence-corrected chi connectivity index (χ3v) is 2.30. The molecule has 2 aromatic rings. The summed E-state index contributed by atoms with van der Waals surface area (Å²) in [5.41, 5.74) is 1.64. The third-order valence-electron chi connectivity index (χ3n) is 2.30. The maximum atomic E-state index is 12.0. The number of rotatable bonds is 1. The van der Waals surface area contributed by atoms with Crippen molar-refractivity contribution in [1.29, 1.82) is 0 Å². The molecule has 0 atom stereocenters. The number of halogens is 6. The first-order valence-electron chi connectivity index (χ1n) is 5.87. The van der Waals surface area contributed by atoms with Gasteiger partial charge in [0, 0.05) is 19.1 Å². The van der Waals surface area contributed by atoms with Gasteiger partial charge in [-0.3, -0.25) is 0 Å². The van der Waals surface area contributed by atoms with E-state index in [1.165, 1.54) is 0 Å². The van der Waals surface area contributed by atoms with Crippen LogP contribution in [-0.4, -0.2) is 5.91 Å². The van der Waals surface area contributed by atoms with Crippen LogP contribution in [0.25, 0.3) is 0 Å². The second-order valence-corrected chi connectivity index (χ2v) is 6.26. The van der Waals surface area contributed by atoms with Crippen LogP contribution in [-0.2, 0) is 0 Å². The van der Waals surface area contributed by atoms with Gasteiger partial charge < -0.3 is 0 Å². The Balaban J connectivity index is 0.000000295. The number of hydrogen-bond acceptors (Lipinski definition) is 1. The van der Waals surface area contributed by atoms with E-state index in [0.717, 1.165) is 5.69 Å². The Morgan fingerprint density at radius 3 is 1.77 bits per heavy atom. The molecule has 0 unspecified atom stereocenters. The van der Waals surface area contributed by atoms with Gasteiger partial charge in [0.1, 0.15) is 0 Å². The van der Waals surface area contributed by atoms with Gasteiger partial charge in [-0.1, -0.05) is 24.3 Å². The molecule has 122 valence electrons. The molecule has 0 aliphatic rings. The molecule has 1 aromatic carbocycles. The number of hydrogen-bond donors (Lipinski definition) is 0. The summed E-state index contributed by atoms with van der Waals surface area (Å²) < 4.78 is 60.8. The molecule has 2 rings (SSSR count). The normalized spacial score (nSPS) is 14.1. The Hall–Kier alpha value is -1.95. The van der Waals surface area contributed by atoms with E-state index in [1.807, 2.05) is 55.5 Å². The van der Waals surface area contributed by atoms with E-state index < -0.39 is 7.81 Å². The molecule has 1 aromatic heterocycles. The van der Waals surface area contributed by atoms with Crippen molar-refractivity contribution in [3.05, 3.63) is 66.0 Å². The third kappa shape index (κ3) is 8.36. The van der Waals surface area contributed by atoms with Crippen LogP contribution in [0, 0.1) is 6.92 Å². The Morgan fingerprint density at radius 1 is 0.864 bits per heavy atom. The Kier molecular flexibility index (Phi) is 4.40. The van der Waals surface area contributed by atoms with Gasteiger partial charge in [-0.05, 0) is 12.1 Å². The predicted molar refractivity (Wildman–Crippen MR) is 71.1 cm³/mol. The van der Waals surface area contributed by atoms with Crippen LogP contribution in [0.3, 0.4) is 0 Å². The van der Waals surface area contributed by atoms with Crippen molar-refractivity contribution in [3.8, 4) is 0 Å². The quantitative estimate of drug-likeness (QED) is 0.388. The molecule has 22 heavy (non-hydrogen) atoms. The van der Waals surface area contributed by atoms with Gasteiger partial charge in [0.05, 0.1) is 5.56 Å². The van der Waals surface area contributed by atoms with Crippen LogP contribution in [0.1, 0.15) is 16.1 Å². The summed E-state index contributed by atoms with van der Waals surface area (Å²) >= 11 is 0. The van der Waals surface area contributed by atoms with Crippen LogP contribution >= 0.6 is 7.81 Å². The average molecular weight is 343 g/mol. The number of nitrogens with zero attached hydrogens (tertiary/aromatic N) is 1. The number of carbonyl (C=O) groups excluding carboxylic acids is 1. The van der Waals surface area contributed by atoms with E-state index in [2.05, 4.69) is 0 Å². The zero-order valence-corrected chi connectivity index (χ0v) is 12.2. The number of pyridine rings is 1. The van der Waals surface area contributed by atoms with Crippen molar-refractivity contribution in [2.24, 2.45) is 0 Å². The van der Waals surface area contributed by atoms with Gasteiger partial charge in [0.2, 0.25) is 0 Å². The number of carbonyl (C=O) groups is 1. The first-order valence-corrected chi connectivity index (χ1v) is 7.90. The molecule has 0 saturated carbocycles. The van der Waals surface area contributed by atoms with Crippen LogP contribution in [0.4, 0.5) is 25.2 Å². The zero-order chi connectivity index (χ0) is 17.1. The van der Waals surface area contributed by atoms with Gasteiger partial charge in [0.15, 0.2) is 11.9 Å². The minimum absolute atomic E-state index is 0.00806. The fraction of sp³-hybridized carbons (Fsp3) is 0.0769. The van der Waals surface area contributed by atoms with Crippen molar-refractivity contribution in [2.75, 3.05) is 0 Å². The Morgan fingerprint density at radius 2 is 1.32 bits per heavy atom.